The van der Waals surface area contributed by atoms with Gasteiger partial charge in [0.1, 0.15) is 29.1 Å². The lowest BCUT2D eigenvalue weighted by molar-refractivity contribution is -0.0230. The third-order valence-electron chi connectivity index (χ3n) is 4.12. The van der Waals surface area contributed by atoms with Crippen molar-refractivity contribution in [1.29, 1.82) is 0 Å². The second-order valence-corrected chi connectivity index (χ2v) is 6.79. The van der Waals surface area contributed by atoms with Gasteiger partial charge in [-0.2, -0.15) is 0 Å². The molecule has 122 valence electrons. The van der Waals surface area contributed by atoms with E-state index in [9.17, 15) is 10.2 Å². The molecule has 1 aliphatic rings. The number of phenols is 1. The molecule has 3 rings (SSSR count). The van der Waals surface area contributed by atoms with Crippen molar-refractivity contribution in [3.8, 4) is 23.0 Å². The molecule has 4 heteroatoms. The molecule has 0 saturated carbocycles. The Labute approximate surface area is 136 Å². The van der Waals surface area contributed by atoms with Crippen molar-refractivity contribution in [3.05, 3.63) is 47.0 Å². The number of hydrogen-bond donors (Lipinski definition) is 2. The van der Waals surface area contributed by atoms with E-state index in [1.54, 1.807) is 26.0 Å². The number of phenolic OH excluding ortho intramolecular Hbond substituents is 1. The predicted molar refractivity (Wildman–Crippen MR) is 88.5 cm³/mol. The number of ether oxygens (including phenoxy) is 2. The van der Waals surface area contributed by atoms with Crippen molar-refractivity contribution in [2.45, 2.75) is 45.8 Å². The molecule has 0 unspecified atom stereocenters. The first-order valence-electron chi connectivity index (χ1n) is 7.73. The van der Waals surface area contributed by atoms with E-state index in [1.807, 2.05) is 32.0 Å². The summed E-state index contributed by atoms with van der Waals surface area (Å²) in [7, 11) is 0. The molecule has 0 fully saturated rings. The number of aromatic hydroxyl groups is 1. The fraction of sp³-hybridized carbons (Fsp3) is 0.368. The summed E-state index contributed by atoms with van der Waals surface area (Å²) in [5.41, 5.74) is 2.21. The van der Waals surface area contributed by atoms with Gasteiger partial charge in [-0.25, -0.2) is 0 Å². The number of aryl methyl sites for hydroxylation is 2. The van der Waals surface area contributed by atoms with Crippen molar-refractivity contribution in [2.24, 2.45) is 0 Å². The standard InChI is InChI=1S/C19H22O4/c1-11-5-13(20)8-14(6-11)22-15-7-12(2)16-10-18(19(3,4)21)23-17(16)9-15/h5-9,18,20-21H,10H2,1-4H3/t18-/m1/s1. The Morgan fingerprint density at radius 2 is 1.78 bits per heavy atom. The monoisotopic (exact) mass is 314 g/mol. The summed E-state index contributed by atoms with van der Waals surface area (Å²) < 4.78 is 11.8. The molecule has 1 heterocycles. The summed E-state index contributed by atoms with van der Waals surface area (Å²) >= 11 is 0. The molecule has 2 aromatic rings. The van der Waals surface area contributed by atoms with Crippen LogP contribution in [0.15, 0.2) is 30.3 Å². The highest BCUT2D eigenvalue weighted by Crippen LogP contribution is 2.39. The van der Waals surface area contributed by atoms with Crippen LogP contribution in [0, 0.1) is 13.8 Å². The highest BCUT2D eigenvalue weighted by molar-refractivity contribution is 5.50. The van der Waals surface area contributed by atoms with Crippen LogP contribution < -0.4 is 9.47 Å². The average Bonchev–Trinajstić information content (AvgIpc) is 2.81. The summed E-state index contributed by atoms with van der Waals surface area (Å²) in [5.74, 6) is 2.17. The lowest BCUT2D eigenvalue weighted by atomic mass is 9.95. The van der Waals surface area contributed by atoms with Gasteiger partial charge in [0, 0.05) is 24.1 Å². The summed E-state index contributed by atoms with van der Waals surface area (Å²) in [6.45, 7) is 7.42. The van der Waals surface area contributed by atoms with Crippen LogP contribution in [0.3, 0.4) is 0 Å². The second kappa shape index (κ2) is 5.46. The summed E-state index contributed by atoms with van der Waals surface area (Å²) in [6.07, 6.45) is 0.436. The second-order valence-electron chi connectivity index (χ2n) is 6.79. The first kappa shape index (κ1) is 15.7. The maximum Gasteiger partial charge on any atom is 0.131 e. The number of benzene rings is 2. The van der Waals surface area contributed by atoms with E-state index in [0.717, 1.165) is 22.4 Å². The molecular formula is C19H22O4. The molecular weight excluding hydrogens is 292 g/mol. The average molecular weight is 314 g/mol. The predicted octanol–water partition coefficient (Wildman–Crippen LogP) is 3.88. The topological polar surface area (TPSA) is 58.9 Å². The summed E-state index contributed by atoms with van der Waals surface area (Å²) in [4.78, 5) is 0. The lowest BCUT2D eigenvalue weighted by Gasteiger charge is -2.24. The molecule has 0 saturated heterocycles. The van der Waals surface area contributed by atoms with Crippen LogP contribution in [0.4, 0.5) is 0 Å². The molecule has 23 heavy (non-hydrogen) atoms. The number of hydrogen-bond acceptors (Lipinski definition) is 4. The Kier molecular flexibility index (Phi) is 3.72. The van der Waals surface area contributed by atoms with Crippen LogP contribution in [0.1, 0.15) is 30.5 Å². The van der Waals surface area contributed by atoms with Gasteiger partial charge in [0.2, 0.25) is 0 Å². The molecule has 0 bridgehead atoms. The largest absolute Gasteiger partial charge is 0.508 e. The number of fused-ring (bicyclic) bond motifs is 1. The summed E-state index contributed by atoms with van der Waals surface area (Å²) in [5, 5.41) is 19.8. The fourth-order valence-corrected chi connectivity index (χ4v) is 2.88. The third-order valence-corrected chi connectivity index (χ3v) is 4.12. The van der Waals surface area contributed by atoms with Gasteiger partial charge in [-0.15, -0.1) is 0 Å². The Bertz CT molecular complexity index is 724. The normalized spacial score (nSPS) is 16.8. The van der Waals surface area contributed by atoms with E-state index < -0.39 is 5.60 Å². The van der Waals surface area contributed by atoms with Gasteiger partial charge >= 0.3 is 0 Å². The quantitative estimate of drug-likeness (QED) is 0.903. The zero-order chi connectivity index (χ0) is 16.8. The maximum absolute atomic E-state index is 10.2. The van der Waals surface area contributed by atoms with Gasteiger partial charge in [-0.05, 0) is 57.0 Å². The maximum atomic E-state index is 10.2. The molecule has 0 radical (unpaired) electrons. The van der Waals surface area contributed by atoms with Gasteiger partial charge in [-0.3, -0.25) is 0 Å². The Hall–Kier alpha value is -2.20. The molecule has 0 aromatic heterocycles. The van der Waals surface area contributed by atoms with Crippen LogP contribution in [-0.2, 0) is 6.42 Å². The number of aliphatic hydroxyl groups is 1. The molecule has 1 aliphatic heterocycles. The van der Waals surface area contributed by atoms with Crippen molar-refractivity contribution in [1.82, 2.24) is 0 Å². The smallest absolute Gasteiger partial charge is 0.131 e. The van der Waals surface area contributed by atoms with Crippen LogP contribution in [-0.4, -0.2) is 21.9 Å². The third kappa shape index (κ3) is 3.27. The van der Waals surface area contributed by atoms with Crippen molar-refractivity contribution in [2.75, 3.05) is 0 Å². The zero-order valence-corrected chi connectivity index (χ0v) is 13.9. The van der Waals surface area contributed by atoms with Crippen LogP contribution in [0.25, 0.3) is 0 Å². The Morgan fingerprint density at radius 3 is 2.43 bits per heavy atom. The first-order valence-corrected chi connectivity index (χ1v) is 7.73. The van der Waals surface area contributed by atoms with Crippen molar-refractivity contribution >= 4 is 0 Å². The van der Waals surface area contributed by atoms with Gasteiger partial charge in [0.15, 0.2) is 0 Å². The molecule has 0 aliphatic carbocycles. The minimum Gasteiger partial charge on any atom is -0.508 e. The van der Waals surface area contributed by atoms with Gasteiger partial charge < -0.3 is 19.7 Å². The van der Waals surface area contributed by atoms with E-state index in [0.29, 0.717) is 17.9 Å². The molecule has 0 spiro atoms. The van der Waals surface area contributed by atoms with Gasteiger partial charge in [0.25, 0.3) is 0 Å². The van der Waals surface area contributed by atoms with Crippen LogP contribution >= 0.6 is 0 Å². The van der Waals surface area contributed by atoms with E-state index in [2.05, 4.69) is 0 Å². The first-order chi connectivity index (χ1) is 10.7. The molecule has 2 N–H and O–H groups in total. The van der Waals surface area contributed by atoms with Crippen molar-refractivity contribution < 1.29 is 19.7 Å². The van der Waals surface area contributed by atoms with Crippen LogP contribution in [0.5, 0.6) is 23.0 Å². The SMILES string of the molecule is Cc1cc(O)cc(Oc2cc(C)c3c(c2)O[C@@H](C(C)(C)O)C3)c1. The summed E-state index contributed by atoms with van der Waals surface area (Å²) in [6, 6.07) is 8.92. The minimum atomic E-state index is -0.894. The molecule has 4 nitrogen and oxygen atoms in total. The molecule has 1 atom stereocenters. The highest BCUT2D eigenvalue weighted by Gasteiger charge is 2.35. The molecule has 2 aromatic carbocycles. The van der Waals surface area contributed by atoms with Gasteiger partial charge in [0.05, 0.1) is 5.60 Å². The van der Waals surface area contributed by atoms with E-state index in [1.165, 1.54) is 0 Å². The van der Waals surface area contributed by atoms with Crippen LogP contribution in [0.2, 0.25) is 0 Å². The lowest BCUT2D eigenvalue weighted by Crippen LogP contribution is -2.39. The van der Waals surface area contributed by atoms with Gasteiger partial charge in [-0.1, -0.05) is 0 Å². The Balaban J connectivity index is 1.88. The Morgan fingerprint density at radius 1 is 1.09 bits per heavy atom. The van der Waals surface area contributed by atoms with E-state index >= 15 is 0 Å². The van der Waals surface area contributed by atoms with Crippen molar-refractivity contribution in [3.63, 3.8) is 0 Å². The zero-order valence-electron chi connectivity index (χ0n) is 13.9. The minimum absolute atomic E-state index is 0.177. The van der Waals surface area contributed by atoms with E-state index in [-0.39, 0.29) is 11.9 Å². The fourth-order valence-electron chi connectivity index (χ4n) is 2.88. The number of rotatable bonds is 3. The highest BCUT2D eigenvalue weighted by atomic mass is 16.5. The van der Waals surface area contributed by atoms with E-state index in [4.69, 9.17) is 9.47 Å². The molecule has 0 amide bonds.